The summed E-state index contributed by atoms with van der Waals surface area (Å²) in [5.41, 5.74) is 0. The third kappa shape index (κ3) is 49.3. The van der Waals surface area contributed by atoms with Crippen molar-refractivity contribution in [1.82, 2.24) is 0 Å². The van der Waals surface area contributed by atoms with Crippen LogP contribution < -0.4 is 0 Å². The first kappa shape index (κ1) is 60.3. The predicted octanol–water partition coefficient (Wildman–Crippen LogP) is 17.4. The van der Waals surface area contributed by atoms with E-state index in [0.29, 0.717) is 19.3 Å². The summed E-state index contributed by atoms with van der Waals surface area (Å²) in [7, 11) is 0. The second-order valence-corrected chi connectivity index (χ2v) is 17.1. The highest BCUT2D eigenvalue weighted by Crippen LogP contribution is 2.14. The monoisotopic (exact) mass is 889 g/mol. The number of carbonyl (C=O) groups excluding carboxylic acids is 3. The maximum Gasteiger partial charge on any atom is 0.306 e. The van der Waals surface area contributed by atoms with Crippen LogP contribution in [0.15, 0.2) is 97.2 Å². The van der Waals surface area contributed by atoms with Gasteiger partial charge in [-0.2, -0.15) is 0 Å². The molecule has 0 N–H and O–H groups in total. The van der Waals surface area contributed by atoms with Crippen LogP contribution in [0.4, 0.5) is 0 Å². The van der Waals surface area contributed by atoms with Gasteiger partial charge in [0.1, 0.15) is 13.2 Å². The summed E-state index contributed by atoms with van der Waals surface area (Å²) in [6, 6.07) is 0. The molecule has 0 aromatic rings. The average Bonchev–Trinajstić information content (AvgIpc) is 3.29. The molecule has 0 radical (unpaired) electrons. The molecule has 0 aliphatic rings. The molecule has 0 saturated heterocycles. The molecule has 364 valence electrons. The molecule has 0 unspecified atom stereocenters. The Hall–Kier alpha value is -3.67. The molecular formula is C58H96O6. The molecule has 0 aromatic heterocycles. The lowest BCUT2D eigenvalue weighted by Crippen LogP contribution is -2.30. The van der Waals surface area contributed by atoms with Crippen molar-refractivity contribution in [3.8, 4) is 0 Å². The Morgan fingerprint density at radius 2 is 0.641 bits per heavy atom. The molecule has 0 aliphatic carbocycles. The van der Waals surface area contributed by atoms with E-state index in [4.69, 9.17) is 14.2 Å². The van der Waals surface area contributed by atoms with Gasteiger partial charge in [-0.3, -0.25) is 14.4 Å². The summed E-state index contributed by atoms with van der Waals surface area (Å²) >= 11 is 0. The summed E-state index contributed by atoms with van der Waals surface area (Å²) in [4.78, 5) is 38.0. The first-order valence-corrected chi connectivity index (χ1v) is 26.2. The molecule has 0 aromatic carbocycles. The zero-order valence-corrected chi connectivity index (χ0v) is 41.5. The van der Waals surface area contributed by atoms with Crippen molar-refractivity contribution in [2.24, 2.45) is 0 Å². The van der Waals surface area contributed by atoms with Crippen molar-refractivity contribution in [2.45, 2.75) is 239 Å². The average molecular weight is 889 g/mol. The van der Waals surface area contributed by atoms with Crippen LogP contribution in [0.1, 0.15) is 233 Å². The number of rotatable bonds is 46. The van der Waals surface area contributed by atoms with Crippen LogP contribution in [0.2, 0.25) is 0 Å². The topological polar surface area (TPSA) is 78.9 Å². The Kier molecular flexibility index (Phi) is 49.0. The minimum Gasteiger partial charge on any atom is -0.462 e. The number of unbranched alkanes of at least 4 members (excludes halogenated alkanes) is 19. The van der Waals surface area contributed by atoms with Gasteiger partial charge in [0.15, 0.2) is 6.10 Å². The minimum absolute atomic E-state index is 0.106. The zero-order valence-electron chi connectivity index (χ0n) is 41.5. The predicted molar refractivity (Wildman–Crippen MR) is 274 cm³/mol. The Bertz CT molecular complexity index is 1300. The van der Waals surface area contributed by atoms with Gasteiger partial charge >= 0.3 is 17.9 Å². The van der Waals surface area contributed by atoms with E-state index in [0.717, 1.165) is 103 Å². The molecule has 1 atom stereocenters. The van der Waals surface area contributed by atoms with Crippen LogP contribution in [0, 0.1) is 0 Å². The number of esters is 3. The second-order valence-electron chi connectivity index (χ2n) is 17.1. The van der Waals surface area contributed by atoms with Gasteiger partial charge in [0.25, 0.3) is 0 Å². The summed E-state index contributed by atoms with van der Waals surface area (Å²) in [5.74, 6) is -1.01. The van der Waals surface area contributed by atoms with Gasteiger partial charge in [-0.05, 0) is 89.9 Å². The molecule has 0 heterocycles. The number of hydrogen-bond donors (Lipinski definition) is 0. The van der Waals surface area contributed by atoms with Gasteiger partial charge in [-0.25, -0.2) is 0 Å². The van der Waals surface area contributed by atoms with Crippen molar-refractivity contribution in [2.75, 3.05) is 13.2 Å². The van der Waals surface area contributed by atoms with Crippen LogP contribution in [0.3, 0.4) is 0 Å². The van der Waals surface area contributed by atoms with Gasteiger partial charge in [0.05, 0.1) is 0 Å². The third-order valence-corrected chi connectivity index (χ3v) is 10.8. The van der Waals surface area contributed by atoms with E-state index < -0.39 is 6.10 Å². The fourth-order valence-corrected chi connectivity index (χ4v) is 6.91. The molecule has 0 amide bonds. The summed E-state index contributed by atoms with van der Waals surface area (Å²) < 4.78 is 16.7. The van der Waals surface area contributed by atoms with Crippen molar-refractivity contribution in [3.05, 3.63) is 97.2 Å². The zero-order chi connectivity index (χ0) is 46.5. The van der Waals surface area contributed by atoms with Crippen LogP contribution in [0.25, 0.3) is 0 Å². The molecule has 0 saturated carbocycles. The smallest absolute Gasteiger partial charge is 0.306 e. The fourth-order valence-electron chi connectivity index (χ4n) is 6.91. The fraction of sp³-hybridized carbons (Fsp3) is 0.672. The maximum atomic E-state index is 12.8. The van der Waals surface area contributed by atoms with E-state index in [1.54, 1.807) is 0 Å². The quantitative estimate of drug-likeness (QED) is 0.0262. The summed E-state index contributed by atoms with van der Waals surface area (Å²) in [5, 5.41) is 0. The van der Waals surface area contributed by atoms with E-state index in [2.05, 4.69) is 112 Å². The Morgan fingerprint density at radius 3 is 1.08 bits per heavy atom. The van der Waals surface area contributed by atoms with Crippen molar-refractivity contribution < 1.29 is 28.6 Å². The number of allylic oxidation sites excluding steroid dienone is 16. The molecule has 6 nitrogen and oxygen atoms in total. The van der Waals surface area contributed by atoms with Crippen LogP contribution in [0.5, 0.6) is 0 Å². The van der Waals surface area contributed by atoms with Crippen molar-refractivity contribution in [1.29, 1.82) is 0 Å². The first-order valence-electron chi connectivity index (χ1n) is 26.2. The molecular weight excluding hydrogens is 793 g/mol. The maximum absolute atomic E-state index is 12.8. The SMILES string of the molecule is CC/C=C\C/C=C\C/C=C\C/C=C\C/C=C\C/C=C\CCC(=O)OC[C@H](COC(=O)CCCCCCCCCCCCCC)OC(=O)CCCCCCC/C=C\C/C=C\CCCCC. The number of carbonyl (C=O) groups is 3. The minimum atomic E-state index is -0.814. The van der Waals surface area contributed by atoms with Gasteiger partial charge < -0.3 is 14.2 Å². The van der Waals surface area contributed by atoms with Crippen LogP contribution in [-0.2, 0) is 28.6 Å². The molecule has 0 spiro atoms. The lowest BCUT2D eigenvalue weighted by molar-refractivity contribution is -0.166. The largest absolute Gasteiger partial charge is 0.462 e. The van der Waals surface area contributed by atoms with Crippen LogP contribution >= 0.6 is 0 Å². The molecule has 64 heavy (non-hydrogen) atoms. The molecule has 0 bridgehead atoms. The van der Waals surface area contributed by atoms with Crippen molar-refractivity contribution >= 4 is 17.9 Å². The lowest BCUT2D eigenvalue weighted by atomic mass is 10.0. The number of ether oxygens (including phenoxy) is 3. The van der Waals surface area contributed by atoms with Gasteiger partial charge in [-0.1, -0.05) is 221 Å². The molecule has 6 heteroatoms. The molecule has 0 aliphatic heterocycles. The van der Waals surface area contributed by atoms with E-state index in [1.807, 2.05) is 6.08 Å². The van der Waals surface area contributed by atoms with E-state index >= 15 is 0 Å². The van der Waals surface area contributed by atoms with Gasteiger partial charge in [-0.15, -0.1) is 0 Å². The highest BCUT2D eigenvalue weighted by Gasteiger charge is 2.19. The summed E-state index contributed by atoms with van der Waals surface area (Å²) in [6.07, 6.45) is 68.3. The van der Waals surface area contributed by atoms with E-state index in [1.165, 1.54) is 83.5 Å². The molecule has 0 fully saturated rings. The highest BCUT2D eigenvalue weighted by atomic mass is 16.6. The Morgan fingerprint density at radius 1 is 0.328 bits per heavy atom. The van der Waals surface area contributed by atoms with Gasteiger partial charge in [0.2, 0.25) is 0 Å². The lowest BCUT2D eigenvalue weighted by Gasteiger charge is -2.18. The van der Waals surface area contributed by atoms with E-state index in [9.17, 15) is 14.4 Å². The second kappa shape index (κ2) is 52.0. The summed E-state index contributed by atoms with van der Waals surface area (Å²) in [6.45, 7) is 6.41. The van der Waals surface area contributed by atoms with E-state index in [-0.39, 0.29) is 37.5 Å². The first-order chi connectivity index (χ1) is 31.5. The Balaban J connectivity index is 4.52. The van der Waals surface area contributed by atoms with Gasteiger partial charge in [0, 0.05) is 19.3 Å². The van der Waals surface area contributed by atoms with Crippen molar-refractivity contribution in [3.63, 3.8) is 0 Å². The normalized spacial score (nSPS) is 12.9. The third-order valence-electron chi connectivity index (χ3n) is 10.8. The molecule has 0 rings (SSSR count). The number of hydrogen-bond acceptors (Lipinski definition) is 6. The Labute approximate surface area is 394 Å². The van der Waals surface area contributed by atoms with Crippen LogP contribution in [-0.4, -0.2) is 37.2 Å². The highest BCUT2D eigenvalue weighted by molar-refractivity contribution is 5.71. The standard InChI is InChI=1S/C58H96O6/c1-4-7-10-13-16-19-22-25-27-28-29-30-32-33-36-39-42-45-48-51-57(60)63-54-55(53-62-56(59)50-47-44-41-38-35-24-21-18-15-12-9-6-3)64-58(61)52-49-46-43-40-37-34-31-26-23-20-17-14-11-8-5-2/h7,10,16-17,19-20,25-27,29-31,33,36,42,45,55H,4-6,8-9,11-15,18,21-24,28,32,34-35,37-41,43-44,46-54H2,1-3H3/b10-7-,19-16-,20-17-,27-25-,30-29-,31-26-,36-33-,45-42-/t55-/m0/s1.